The fourth-order valence-corrected chi connectivity index (χ4v) is 3.71. The van der Waals surface area contributed by atoms with Crippen LogP contribution in [0.15, 0.2) is 60.8 Å². The van der Waals surface area contributed by atoms with Gasteiger partial charge in [0.1, 0.15) is 10.6 Å². The number of nitrogens with zero attached hydrogens (tertiary/aromatic N) is 3. The first kappa shape index (κ1) is 15.1. The van der Waals surface area contributed by atoms with Crippen LogP contribution in [0.1, 0.15) is 5.69 Å². The van der Waals surface area contributed by atoms with Crippen LogP contribution in [-0.4, -0.2) is 15.0 Å². The topological polar surface area (TPSA) is 50.7 Å². The van der Waals surface area contributed by atoms with E-state index in [1.807, 2.05) is 36.4 Å². The van der Waals surface area contributed by atoms with E-state index in [4.69, 9.17) is 11.6 Å². The summed E-state index contributed by atoms with van der Waals surface area (Å²) in [7, 11) is 0. The zero-order chi connectivity index (χ0) is 16.4. The van der Waals surface area contributed by atoms with Crippen molar-refractivity contribution >= 4 is 39.0 Å². The monoisotopic (exact) mass is 352 g/mol. The van der Waals surface area contributed by atoms with E-state index in [2.05, 4.69) is 38.5 Å². The van der Waals surface area contributed by atoms with Gasteiger partial charge < -0.3 is 5.32 Å². The van der Waals surface area contributed by atoms with Gasteiger partial charge in [0.25, 0.3) is 0 Å². The van der Waals surface area contributed by atoms with Crippen LogP contribution in [0.3, 0.4) is 0 Å². The number of fused-ring (bicyclic) bond motifs is 1. The first-order valence-electron chi connectivity index (χ1n) is 7.46. The second-order valence-corrected chi connectivity index (χ2v) is 6.58. The fraction of sp³-hybridized carbons (Fsp3) is 0.0556. The third-order valence-electron chi connectivity index (χ3n) is 3.59. The first-order valence-corrected chi connectivity index (χ1v) is 8.65. The number of hydrogen-bond donors (Lipinski definition) is 1. The van der Waals surface area contributed by atoms with Crippen molar-refractivity contribution in [3.05, 3.63) is 71.8 Å². The van der Waals surface area contributed by atoms with Gasteiger partial charge in [-0.05, 0) is 35.4 Å². The molecular weight excluding hydrogens is 340 g/mol. The van der Waals surface area contributed by atoms with Crippen molar-refractivity contribution in [1.82, 2.24) is 15.0 Å². The molecule has 6 heteroatoms. The van der Waals surface area contributed by atoms with Gasteiger partial charge in [0.15, 0.2) is 0 Å². The third kappa shape index (κ3) is 3.09. The van der Waals surface area contributed by atoms with E-state index in [9.17, 15) is 0 Å². The van der Waals surface area contributed by atoms with E-state index in [0.29, 0.717) is 6.54 Å². The van der Waals surface area contributed by atoms with Gasteiger partial charge in [-0.2, -0.15) is 0 Å². The molecule has 0 amide bonds. The van der Waals surface area contributed by atoms with Gasteiger partial charge in [0.05, 0.1) is 17.6 Å². The SMILES string of the molecule is Clc1nc(NCc2ccccn2)c2cc(-c3ccccc3)sc2n1. The van der Waals surface area contributed by atoms with Gasteiger partial charge in [-0.25, -0.2) is 9.97 Å². The summed E-state index contributed by atoms with van der Waals surface area (Å²) < 4.78 is 0. The van der Waals surface area contributed by atoms with E-state index in [0.717, 1.165) is 32.2 Å². The maximum atomic E-state index is 6.09. The maximum Gasteiger partial charge on any atom is 0.225 e. The van der Waals surface area contributed by atoms with Crippen molar-refractivity contribution in [2.75, 3.05) is 5.32 Å². The zero-order valence-corrected chi connectivity index (χ0v) is 14.2. The van der Waals surface area contributed by atoms with Crippen LogP contribution in [0.2, 0.25) is 5.28 Å². The highest BCUT2D eigenvalue weighted by Gasteiger charge is 2.12. The molecule has 0 aliphatic heterocycles. The van der Waals surface area contributed by atoms with Crippen molar-refractivity contribution in [3.8, 4) is 10.4 Å². The number of nitrogens with one attached hydrogen (secondary N) is 1. The Morgan fingerprint density at radius 1 is 1.00 bits per heavy atom. The number of hydrogen-bond acceptors (Lipinski definition) is 5. The summed E-state index contributed by atoms with van der Waals surface area (Å²) in [6.45, 7) is 0.583. The molecule has 0 aliphatic carbocycles. The summed E-state index contributed by atoms with van der Waals surface area (Å²) in [5.74, 6) is 0.731. The summed E-state index contributed by atoms with van der Waals surface area (Å²) in [5.41, 5.74) is 2.10. The van der Waals surface area contributed by atoms with Crippen LogP contribution in [-0.2, 0) is 6.54 Å². The maximum absolute atomic E-state index is 6.09. The van der Waals surface area contributed by atoms with Gasteiger partial charge in [-0.1, -0.05) is 36.4 Å². The number of thiophene rings is 1. The molecule has 0 unspecified atom stereocenters. The lowest BCUT2D eigenvalue weighted by Crippen LogP contribution is -2.03. The lowest BCUT2D eigenvalue weighted by Gasteiger charge is -2.06. The Bertz CT molecular complexity index is 970. The van der Waals surface area contributed by atoms with E-state index >= 15 is 0 Å². The van der Waals surface area contributed by atoms with Gasteiger partial charge in [-0.15, -0.1) is 11.3 Å². The molecule has 4 aromatic rings. The third-order valence-corrected chi connectivity index (χ3v) is 4.83. The van der Waals surface area contributed by atoms with Crippen molar-refractivity contribution in [1.29, 1.82) is 0 Å². The Balaban J connectivity index is 1.71. The predicted octanol–water partition coefficient (Wildman–Crippen LogP) is 5.02. The molecular formula is C18H13ClN4S. The number of rotatable bonds is 4. The number of halogens is 1. The lowest BCUT2D eigenvalue weighted by molar-refractivity contribution is 1.03. The molecule has 0 atom stereocenters. The highest BCUT2D eigenvalue weighted by molar-refractivity contribution is 7.22. The minimum atomic E-state index is 0.243. The quantitative estimate of drug-likeness (QED) is 0.524. The molecule has 118 valence electrons. The number of anilines is 1. The molecule has 3 heterocycles. The van der Waals surface area contributed by atoms with E-state index < -0.39 is 0 Å². The highest BCUT2D eigenvalue weighted by Crippen LogP contribution is 2.35. The highest BCUT2D eigenvalue weighted by atomic mass is 35.5. The Morgan fingerprint density at radius 2 is 1.83 bits per heavy atom. The van der Waals surface area contributed by atoms with Crippen LogP contribution >= 0.6 is 22.9 Å². The van der Waals surface area contributed by atoms with Gasteiger partial charge in [0.2, 0.25) is 5.28 Å². The molecule has 0 radical (unpaired) electrons. The summed E-state index contributed by atoms with van der Waals surface area (Å²) >= 11 is 7.70. The number of benzene rings is 1. The largest absolute Gasteiger partial charge is 0.364 e. The predicted molar refractivity (Wildman–Crippen MR) is 99.4 cm³/mol. The minimum Gasteiger partial charge on any atom is -0.364 e. The number of aromatic nitrogens is 3. The van der Waals surface area contributed by atoms with Gasteiger partial charge >= 0.3 is 0 Å². The van der Waals surface area contributed by atoms with Gasteiger partial charge in [0, 0.05) is 11.1 Å². The second kappa shape index (κ2) is 6.55. The molecule has 24 heavy (non-hydrogen) atoms. The summed E-state index contributed by atoms with van der Waals surface area (Å²) in [5, 5.41) is 4.53. The molecule has 0 fully saturated rings. The Kier molecular flexibility index (Phi) is 4.11. The molecule has 4 nitrogen and oxygen atoms in total. The molecule has 4 rings (SSSR count). The Hall–Kier alpha value is -2.50. The number of pyridine rings is 1. The normalized spacial score (nSPS) is 10.9. The Labute approximate surface area is 148 Å². The van der Waals surface area contributed by atoms with Crippen molar-refractivity contribution in [2.45, 2.75) is 6.54 Å². The summed E-state index contributed by atoms with van der Waals surface area (Å²) in [6.07, 6.45) is 1.78. The van der Waals surface area contributed by atoms with Crippen LogP contribution in [0, 0.1) is 0 Å². The lowest BCUT2D eigenvalue weighted by atomic mass is 10.2. The molecule has 0 saturated heterocycles. The average Bonchev–Trinajstić information content (AvgIpc) is 3.05. The zero-order valence-electron chi connectivity index (χ0n) is 12.6. The second-order valence-electron chi connectivity index (χ2n) is 5.21. The molecule has 1 N–H and O–H groups in total. The standard InChI is InChI=1S/C18H13ClN4S/c19-18-22-16(21-11-13-8-4-5-9-20-13)14-10-15(24-17(14)23-18)12-6-2-1-3-7-12/h1-10H,11H2,(H,21,22,23). The minimum absolute atomic E-state index is 0.243. The molecule has 0 bridgehead atoms. The van der Waals surface area contributed by atoms with E-state index in [1.54, 1.807) is 17.5 Å². The first-order chi connectivity index (χ1) is 11.8. The van der Waals surface area contributed by atoms with E-state index in [1.165, 1.54) is 0 Å². The summed E-state index contributed by atoms with van der Waals surface area (Å²) in [4.78, 5) is 15.0. The van der Waals surface area contributed by atoms with Crippen LogP contribution in [0.25, 0.3) is 20.7 Å². The smallest absolute Gasteiger partial charge is 0.225 e. The molecule has 3 aromatic heterocycles. The van der Waals surface area contributed by atoms with Gasteiger partial charge in [-0.3, -0.25) is 4.98 Å². The van der Waals surface area contributed by atoms with Crippen LogP contribution in [0.5, 0.6) is 0 Å². The fourth-order valence-electron chi connectivity index (χ4n) is 2.45. The molecule has 0 spiro atoms. The van der Waals surface area contributed by atoms with Crippen LogP contribution < -0.4 is 5.32 Å². The van der Waals surface area contributed by atoms with Crippen molar-refractivity contribution in [3.63, 3.8) is 0 Å². The Morgan fingerprint density at radius 3 is 2.62 bits per heavy atom. The van der Waals surface area contributed by atoms with E-state index in [-0.39, 0.29) is 5.28 Å². The van der Waals surface area contributed by atoms with Crippen LogP contribution in [0.4, 0.5) is 5.82 Å². The van der Waals surface area contributed by atoms with Crippen molar-refractivity contribution < 1.29 is 0 Å². The molecule has 1 aromatic carbocycles. The van der Waals surface area contributed by atoms with Crippen molar-refractivity contribution in [2.24, 2.45) is 0 Å². The average molecular weight is 353 g/mol. The molecule has 0 saturated carbocycles. The molecule has 0 aliphatic rings. The summed E-state index contributed by atoms with van der Waals surface area (Å²) in [6, 6.07) is 18.2.